The molecule has 110 valence electrons. The fourth-order valence-corrected chi connectivity index (χ4v) is 3.02. The molecule has 0 spiro atoms. The van der Waals surface area contributed by atoms with Gasteiger partial charge in [0.2, 0.25) is 10.0 Å². The van der Waals surface area contributed by atoms with Crippen LogP contribution in [-0.4, -0.2) is 44.1 Å². The molecule has 2 rings (SSSR count). The van der Waals surface area contributed by atoms with E-state index in [1.807, 2.05) is 0 Å². The smallest absolute Gasteiger partial charge is 0.253 e. The van der Waals surface area contributed by atoms with E-state index < -0.39 is 15.8 Å². The molecule has 1 fully saturated rings. The summed E-state index contributed by atoms with van der Waals surface area (Å²) in [5, 5.41) is 0. The Hall–Kier alpha value is -1.47. The summed E-state index contributed by atoms with van der Waals surface area (Å²) in [6.07, 6.45) is 0.589. The normalized spacial score (nSPS) is 19.3. The topological polar surface area (TPSA) is 66.5 Å². The van der Waals surface area contributed by atoms with Crippen molar-refractivity contribution in [1.82, 2.24) is 9.62 Å². The molecular weight excluding hydrogens is 283 g/mol. The molecule has 0 bridgehead atoms. The van der Waals surface area contributed by atoms with Crippen LogP contribution in [0.1, 0.15) is 23.7 Å². The Morgan fingerprint density at radius 1 is 1.40 bits per heavy atom. The summed E-state index contributed by atoms with van der Waals surface area (Å²) in [6, 6.07) is 5.09. The molecule has 7 heteroatoms. The van der Waals surface area contributed by atoms with Gasteiger partial charge in [-0.2, -0.15) is 0 Å². The van der Waals surface area contributed by atoms with Crippen molar-refractivity contribution in [3.05, 3.63) is 35.6 Å². The fourth-order valence-electron chi connectivity index (χ4n) is 2.15. The van der Waals surface area contributed by atoms with Crippen molar-refractivity contribution < 1.29 is 17.6 Å². The lowest BCUT2D eigenvalue weighted by Crippen LogP contribution is -2.39. The van der Waals surface area contributed by atoms with Gasteiger partial charge >= 0.3 is 0 Å². The molecule has 0 aromatic heterocycles. The van der Waals surface area contributed by atoms with Crippen LogP contribution in [0, 0.1) is 5.82 Å². The van der Waals surface area contributed by atoms with E-state index >= 15 is 0 Å². The molecule has 20 heavy (non-hydrogen) atoms. The number of sulfonamides is 1. The SMILES string of the molecule is CCS(=O)(=O)N[C@H]1CCN(C(=O)c2ccc(F)cc2)C1. The van der Waals surface area contributed by atoms with E-state index in [0.29, 0.717) is 25.1 Å². The Balaban J connectivity index is 1.99. The average Bonchev–Trinajstić information content (AvgIpc) is 2.86. The Morgan fingerprint density at radius 3 is 2.65 bits per heavy atom. The molecular formula is C13H17FN2O3S. The first kappa shape index (κ1) is 14.9. The van der Waals surface area contributed by atoms with Gasteiger partial charge in [-0.25, -0.2) is 17.5 Å². The lowest BCUT2D eigenvalue weighted by molar-refractivity contribution is 0.0790. The van der Waals surface area contributed by atoms with Crippen molar-refractivity contribution in [2.24, 2.45) is 0 Å². The van der Waals surface area contributed by atoms with Crippen LogP contribution in [0.2, 0.25) is 0 Å². The van der Waals surface area contributed by atoms with Gasteiger partial charge in [-0.3, -0.25) is 4.79 Å². The molecule has 1 aromatic carbocycles. The molecule has 0 unspecified atom stereocenters. The quantitative estimate of drug-likeness (QED) is 0.901. The van der Waals surface area contributed by atoms with E-state index in [4.69, 9.17) is 0 Å². The van der Waals surface area contributed by atoms with Gasteiger partial charge < -0.3 is 4.90 Å². The summed E-state index contributed by atoms with van der Waals surface area (Å²) in [7, 11) is -3.26. The van der Waals surface area contributed by atoms with Gasteiger partial charge in [-0.15, -0.1) is 0 Å². The van der Waals surface area contributed by atoms with Crippen LogP contribution in [-0.2, 0) is 10.0 Å². The Bertz CT molecular complexity index is 586. The van der Waals surface area contributed by atoms with Crippen molar-refractivity contribution in [2.75, 3.05) is 18.8 Å². The van der Waals surface area contributed by atoms with E-state index in [-0.39, 0.29) is 17.7 Å². The number of carbonyl (C=O) groups excluding carboxylic acids is 1. The zero-order valence-electron chi connectivity index (χ0n) is 11.2. The molecule has 1 saturated heterocycles. The Kier molecular flexibility index (Phi) is 4.39. The van der Waals surface area contributed by atoms with Gasteiger partial charge in [-0.1, -0.05) is 0 Å². The van der Waals surface area contributed by atoms with Crippen molar-refractivity contribution in [3.8, 4) is 0 Å². The molecule has 1 aliphatic heterocycles. The summed E-state index contributed by atoms with van der Waals surface area (Å²) < 4.78 is 38.3. The molecule has 5 nitrogen and oxygen atoms in total. The first-order valence-electron chi connectivity index (χ1n) is 6.46. The first-order valence-corrected chi connectivity index (χ1v) is 8.11. The van der Waals surface area contributed by atoms with Crippen molar-refractivity contribution in [2.45, 2.75) is 19.4 Å². The Morgan fingerprint density at radius 2 is 2.05 bits per heavy atom. The summed E-state index contributed by atoms with van der Waals surface area (Å²) in [6.45, 7) is 2.40. The zero-order chi connectivity index (χ0) is 14.8. The van der Waals surface area contributed by atoms with Gasteiger partial charge in [-0.05, 0) is 37.6 Å². The molecule has 1 aromatic rings. The van der Waals surface area contributed by atoms with Crippen molar-refractivity contribution >= 4 is 15.9 Å². The molecule has 0 saturated carbocycles. The summed E-state index contributed by atoms with van der Waals surface area (Å²) in [4.78, 5) is 13.7. The largest absolute Gasteiger partial charge is 0.337 e. The summed E-state index contributed by atoms with van der Waals surface area (Å²) >= 11 is 0. The monoisotopic (exact) mass is 300 g/mol. The third-order valence-electron chi connectivity index (χ3n) is 3.29. The minimum Gasteiger partial charge on any atom is -0.337 e. The molecule has 1 heterocycles. The van der Waals surface area contributed by atoms with E-state index in [9.17, 15) is 17.6 Å². The zero-order valence-corrected chi connectivity index (χ0v) is 12.0. The van der Waals surface area contributed by atoms with E-state index in [1.54, 1.807) is 11.8 Å². The molecule has 0 aliphatic carbocycles. The number of carbonyl (C=O) groups is 1. The number of halogens is 1. The average molecular weight is 300 g/mol. The van der Waals surface area contributed by atoms with Crippen molar-refractivity contribution in [3.63, 3.8) is 0 Å². The van der Waals surface area contributed by atoms with Crippen LogP contribution in [0.15, 0.2) is 24.3 Å². The van der Waals surface area contributed by atoms with Crippen LogP contribution < -0.4 is 4.72 Å². The summed E-state index contributed by atoms with van der Waals surface area (Å²) in [5.74, 6) is -0.574. The molecule has 1 N–H and O–H groups in total. The lowest BCUT2D eigenvalue weighted by atomic mass is 10.2. The van der Waals surface area contributed by atoms with E-state index in [2.05, 4.69) is 4.72 Å². The number of nitrogens with zero attached hydrogens (tertiary/aromatic N) is 1. The second kappa shape index (κ2) is 5.88. The molecule has 1 atom stereocenters. The second-order valence-electron chi connectivity index (χ2n) is 4.76. The maximum Gasteiger partial charge on any atom is 0.253 e. The first-order chi connectivity index (χ1) is 9.41. The highest BCUT2D eigenvalue weighted by molar-refractivity contribution is 7.89. The third kappa shape index (κ3) is 3.55. The Labute approximate surface area is 117 Å². The highest BCUT2D eigenvalue weighted by atomic mass is 32.2. The van der Waals surface area contributed by atoms with Gasteiger partial charge in [0.15, 0.2) is 0 Å². The standard InChI is InChI=1S/C13H17FN2O3S/c1-2-20(18,19)15-12-7-8-16(9-12)13(17)10-3-5-11(14)6-4-10/h3-6,12,15H,2,7-9H2,1H3/t12-/m0/s1. The number of amides is 1. The minimum atomic E-state index is -3.26. The van der Waals surface area contributed by atoms with Gasteiger partial charge in [0.05, 0.1) is 5.75 Å². The fraction of sp³-hybridized carbons (Fsp3) is 0.462. The van der Waals surface area contributed by atoms with Crippen molar-refractivity contribution in [1.29, 1.82) is 0 Å². The number of hydrogen-bond donors (Lipinski definition) is 1. The van der Waals surface area contributed by atoms with Gasteiger partial charge in [0.1, 0.15) is 5.82 Å². The van der Waals surface area contributed by atoms with Crippen LogP contribution in [0.5, 0.6) is 0 Å². The van der Waals surface area contributed by atoms with Crippen LogP contribution >= 0.6 is 0 Å². The highest BCUT2D eigenvalue weighted by Crippen LogP contribution is 2.15. The van der Waals surface area contributed by atoms with Crippen LogP contribution in [0.25, 0.3) is 0 Å². The van der Waals surface area contributed by atoms with Gasteiger partial charge in [0.25, 0.3) is 5.91 Å². The molecule has 0 radical (unpaired) electrons. The number of likely N-dealkylation sites (tertiary alicyclic amines) is 1. The highest BCUT2D eigenvalue weighted by Gasteiger charge is 2.29. The van der Waals surface area contributed by atoms with E-state index in [1.165, 1.54) is 24.3 Å². The minimum absolute atomic E-state index is 0.0232. The molecule has 1 amide bonds. The van der Waals surface area contributed by atoms with Gasteiger partial charge in [0, 0.05) is 24.7 Å². The maximum absolute atomic E-state index is 12.8. The predicted molar refractivity (Wildman–Crippen MR) is 73.3 cm³/mol. The third-order valence-corrected chi connectivity index (χ3v) is 4.75. The predicted octanol–water partition coefficient (Wildman–Crippen LogP) is 0.979. The number of benzene rings is 1. The maximum atomic E-state index is 12.8. The summed E-state index contributed by atoms with van der Waals surface area (Å²) in [5.41, 5.74) is 0.408. The van der Waals surface area contributed by atoms with Crippen LogP contribution in [0.4, 0.5) is 4.39 Å². The number of rotatable bonds is 4. The number of hydrogen-bond acceptors (Lipinski definition) is 3. The lowest BCUT2D eigenvalue weighted by Gasteiger charge is -2.17. The van der Waals surface area contributed by atoms with Crippen LogP contribution in [0.3, 0.4) is 0 Å². The second-order valence-corrected chi connectivity index (χ2v) is 6.81. The number of nitrogens with one attached hydrogen (secondary N) is 1. The molecule has 1 aliphatic rings. The van der Waals surface area contributed by atoms with E-state index in [0.717, 1.165) is 0 Å².